The van der Waals surface area contributed by atoms with Gasteiger partial charge in [-0.1, -0.05) is 47.7 Å². The normalized spacial score (nSPS) is 10.9. The Labute approximate surface area is 149 Å². The molecular formula is C19H17F2N3S. The Morgan fingerprint density at radius 1 is 1.04 bits per heavy atom. The minimum Gasteiger partial charge on any atom is -0.395 e. The number of nitrogens with zero attached hydrogens (tertiary/aromatic N) is 2. The van der Waals surface area contributed by atoms with Crippen molar-refractivity contribution >= 4 is 17.4 Å². The van der Waals surface area contributed by atoms with Gasteiger partial charge in [0.2, 0.25) is 0 Å². The van der Waals surface area contributed by atoms with Gasteiger partial charge in [0.25, 0.3) is 0 Å². The first-order valence-corrected chi connectivity index (χ1v) is 8.71. The van der Waals surface area contributed by atoms with E-state index in [1.807, 2.05) is 38.1 Å². The van der Waals surface area contributed by atoms with E-state index in [1.165, 1.54) is 17.8 Å². The van der Waals surface area contributed by atoms with Gasteiger partial charge < -0.3 is 5.73 Å². The number of hydrogen-bond acceptors (Lipinski definition) is 4. The third-order valence-corrected chi connectivity index (χ3v) is 4.69. The molecule has 128 valence electrons. The Hall–Kier alpha value is -2.47. The molecule has 1 aromatic heterocycles. The fraction of sp³-hybridized carbons (Fsp3) is 0.158. The minimum absolute atomic E-state index is 0.236. The summed E-state index contributed by atoms with van der Waals surface area (Å²) in [5.41, 5.74) is 10.3. The van der Waals surface area contributed by atoms with E-state index < -0.39 is 11.6 Å². The summed E-state index contributed by atoms with van der Waals surface area (Å²) < 4.78 is 27.1. The van der Waals surface area contributed by atoms with E-state index in [0.29, 0.717) is 22.2 Å². The summed E-state index contributed by atoms with van der Waals surface area (Å²) in [5.74, 6) is -1.45. The van der Waals surface area contributed by atoms with Crippen LogP contribution in [0.5, 0.6) is 0 Å². The lowest BCUT2D eigenvalue weighted by atomic mass is 10.1. The van der Waals surface area contributed by atoms with E-state index in [0.717, 1.165) is 17.2 Å². The van der Waals surface area contributed by atoms with E-state index in [1.54, 1.807) is 6.07 Å². The lowest BCUT2D eigenvalue weighted by Gasteiger charge is -2.11. The van der Waals surface area contributed by atoms with Crippen molar-refractivity contribution in [3.05, 3.63) is 70.9 Å². The summed E-state index contributed by atoms with van der Waals surface area (Å²) in [4.78, 5) is 8.88. The molecule has 1 heterocycles. The Kier molecular flexibility index (Phi) is 4.99. The summed E-state index contributed by atoms with van der Waals surface area (Å²) in [6, 6.07) is 12.0. The average molecular weight is 357 g/mol. The van der Waals surface area contributed by atoms with Crippen LogP contribution in [0.1, 0.15) is 16.8 Å². The van der Waals surface area contributed by atoms with Crippen molar-refractivity contribution in [1.82, 2.24) is 9.97 Å². The molecule has 3 aromatic rings. The van der Waals surface area contributed by atoms with Gasteiger partial charge >= 0.3 is 0 Å². The van der Waals surface area contributed by atoms with Crippen molar-refractivity contribution in [2.24, 2.45) is 0 Å². The average Bonchev–Trinajstić information content (AvgIpc) is 2.59. The Bertz CT molecular complexity index is 929. The third-order valence-electron chi connectivity index (χ3n) is 3.80. The number of aromatic nitrogens is 2. The molecule has 3 nitrogen and oxygen atoms in total. The molecule has 3 rings (SSSR count). The zero-order valence-corrected chi connectivity index (χ0v) is 14.7. The van der Waals surface area contributed by atoms with Crippen molar-refractivity contribution in [1.29, 1.82) is 0 Å². The van der Waals surface area contributed by atoms with Crippen LogP contribution in [0, 0.1) is 25.5 Å². The molecule has 2 aromatic carbocycles. The fourth-order valence-corrected chi connectivity index (χ4v) is 3.30. The molecular weight excluding hydrogens is 340 g/mol. The number of nitrogen functional groups attached to an aromatic ring is 1. The van der Waals surface area contributed by atoms with E-state index in [2.05, 4.69) is 9.97 Å². The topological polar surface area (TPSA) is 51.8 Å². The monoisotopic (exact) mass is 357 g/mol. The lowest BCUT2D eigenvalue weighted by Crippen LogP contribution is -2.02. The van der Waals surface area contributed by atoms with Crippen LogP contribution < -0.4 is 5.73 Å². The van der Waals surface area contributed by atoms with Crippen molar-refractivity contribution in [3.8, 4) is 11.3 Å². The van der Waals surface area contributed by atoms with Crippen LogP contribution in [0.25, 0.3) is 11.3 Å². The highest BCUT2D eigenvalue weighted by Crippen LogP contribution is 2.30. The van der Waals surface area contributed by atoms with Crippen molar-refractivity contribution < 1.29 is 8.78 Å². The Balaban J connectivity index is 1.91. The second kappa shape index (κ2) is 7.19. The third kappa shape index (κ3) is 3.79. The first-order valence-electron chi connectivity index (χ1n) is 7.72. The van der Waals surface area contributed by atoms with Gasteiger partial charge in [-0.15, -0.1) is 0 Å². The van der Waals surface area contributed by atoms with E-state index in [9.17, 15) is 8.78 Å². The molecule has 0 atom stereocenters. The molecule has 0 spiro atoms. The smallest absolute Gasteiger partial charge is 0.188 e. The van der Waals surface area contributed by atoms with Crippen molar-refractivity contribution in [2.75, 3.05) is 5.73 Å². The van der Waals surface area contributed by atoms with Gasteiger partial charge in [0, 0.05) is 16.9 Å². The summed E-state index contributed by atoms with van der Waals surface area (Å²) in [6.45, 7) is 3.80. The molecule has 0 aliphatic rings. The lowest BCUT2D eigenvalue weighted by molar-refractivity contribution is 0.502. The summed E-state index contributed by atoms with van der Waals surface area (Å²) >= 11 is 1.25. The minimum atomic E-state index is -0.854. The second-order valence-corrected chi connectivity index (χ2v) is 6.67. The predicted octanol–water partition coefficient (Wildman–Crippen LogP) is 4.91. The number of nitrogens with two attached hydrogens (primary N) is 1. The largest absolute Gasteiger partial charge is 0.395 e. The quantitative estimate of drug-likeness (QED) is 0.532. The number of anilines is 1. The zero-order chi connectivity index (χ0) is 18.0. The van der Waals surface area contributed by atoms with Gasteiger partial charge in [-0.25, -0.2) is 18.7 Å². The Morgan fingerprint density at radius 3 is 2.56 bits per heavy atom. The summed E-state index contributed by atoms with van der Waals surface area (Å²) in [6.07, 6.45) is 0. The molecule has 0 unspecified atom stereocenters. The molecule has 0 bridgehead atoms. The van der Waals surface area contributed by atoms with Crippen LogP contribution in [0.3, 0.4) is 0 Å². The number of thioether (sulfide) groups is 1. The summed E-state index contributed by atoms with van der Waals surface area (Å²) in [5, 5.41) is 0.479. The van der Waals surface area contributed by atoms with Gasteiger partial charge in [-0.3, -0.25) is 0 Å². The second-order valence-electron chi connectivity index (χ2n) is 5.72. The predicted molar refractivity (Wildman–Crippen MR) is 97.3 cm³/mol. The maximum atomic E-state index is 13.8. The Morgan fingerprint density at radius 2 is 1.80 bits per heavy atom. The standard InChI is InChI=1S/C19H17F2N3S/c1-11-5-3-6-13(9-11)18-17(22)12(2)23-19(24-18)25-10-14-7-4-8-15(20)16(14)21/h3-9H,10,22H2,1-2H3. The zero-order valence-electron chi connectivity index (χ0n) is 13.9. The fourth-order valence-electron chi connectivity index (χ4n) is 2.44. The van der Waals surface area contributed by atoms with Crippen LogP contribution in [-0.2, 0) is 5.75 Å². The number of benzene rings is 2. The summed E-state index contributed by atoms with van der Waals surface area (Å²) in [7, 11) is 0. The van der Waals surface area contributed by atoms with E-state index in [-0.39, 0.29) is 11.3 Å². The molecule has 0 saturated carbocycles. The molecule has 0 saturated heterocycles. The van der Waals surface area contributed by atoms with Gasteiger partial charge in [-0.05, 0) is 26.0 Å². The number of hydrogen-bond donors (Lipinski definition) is 1. The SMILES string of the molecule is Cc1cccc(-c2nc(SCc3cccc(F)c3F)nc(C)c2N)c1. The molecule has 25 heavy (non-hydrogen) atoms. The molecule has 0 radical (unpaired) electrons. The van der Waals surface area contributed by atoms with E-state index in [4.69, 9.17) is 5.73 Å². The molecule has 2 N–H and O–H groups in total. The molecule has 0 amide bonds. The molecule has 0 aliphatic heterocycles. The van der Waals surface area contributed by atoms with Crippen LogP contribution >= 0.6 is 11.8 Å². The highest BCUT2D eigenvalue weighted by Gasteiger charge is 2.13. The van der Waals surface area contributed by atoms with Crippen LogP contribution in [0.2, 0.25) is 0 Å². The maximum Gasteiger partial charge on any atom is 0.188 e. The maximum absolute atomic E-state index is 13.8. The number of halogens is 2. The molecule has 0 fully saturated rings. The van der Waals surface area contributed by atoms with Crippen LogP contribution in [0.15, 0.2) is 47.6 Å². The number of aryl methyl sites for hydroxylation is 2. The molecule has 6 heteroatoms. The number of rotatable bonds is 4. The van der Waals surface area contributed by atoms with Crippen molar-refractivity contribution in [3.63, 3.8) is 0 Å². The highest BCUT2D eigenvalue weighted by atomic mass is 32.2. The highest BCUT2D eigenvalue weighted by molar-refractivity contribution is 7.98. The van der Waals surface area contributed by atoms with Gasteiger partial charge in [0.1, 0.15) is 0 Å². The first-order chi connectivity index (χ1) is 12.0. The van der Waals surface area contributed by atoms with Crippen molar-refractivity contribution in [2.45, 2.75) is 24.8 Å². The van der Waals surface area contributed by atoms with Crippen LogP contribution in [-0.4, -0.2) is 9.97 Å². The van der Waals surface area contributed by atoms with Gasteiger partial charge in [0.05, 0.1) is 17.1 Å². The molecule has 0 aliphatic carbocycles. The van der Waals surface area contributed by atoms with Gasteiger partial charge in [0.15, 0.2) is 16.8 Å². The van der Waals surface area contributed by atoms with Crippen LogP contribution in [0.4, 0.5) is 14.5 Å². The van der Waals surface area contributed by atoms with Gasteiger partial charge in [-0.2, -0.15) is 0 Å². The van der Waals surface area contributed by atoms with E-state index >= 15 is 0 Å². The first kappa shape index (κ1) is 17.4.